The number of aromatic nitrogens is 1. The van der Waals surface area contributed by atoms with Crippen LogP contribution in [0, 0.1) is 0 Å². The van der Waals surface area contributed by atoms with Crippen molar-refractivity contribution in [3.63, 3.8) is 0 Å². The minimum absolute atomic E-state index is 0.0583. The topological polar surface area (TPSA) is 71.1 Å². The summed E-state index contributed by atoms with van der Waals surface area (Å²) >= 11 is 11.7. The molecule has 1 aromatic heterocycles. The zero-order valence-corrected chi connectivity index (χ0v) is 13.4. The molecule has 112 valence electrons. The number of nitrogens with zero attached hydrogens (tertiary/aromatic N) is 1. The van der Waals surface area contributed by atoms with Crippen molar-refractivity contribution in [2.45, 2.75) is 11.8 Å². The van der Waals surface area contributed by atoms with Gasteiger partial charge in [-0.2, -0.15) is 0 Å². The number of hydrogen-bond donors (Lipinski definition) is 2. The maximum absolute atomic E-state index is 12.4. The normalized spacial score (nSPS) is 11.2. The van der Waals surface area contributed by atoms with Crippen molar-refractivity contribution in [3.05, 3.63) is 46.6 Å². The molecule has 0 aliphatic rings. The van der Waals surface area contributed by atoms with Gasteiger partial charge in [-0.1, -0.05) is 23.2 Å². The Labute approximate surface area is 133 Å². The molecule has 1 aromatic carbocycles. The lowest BCUT2D eigenvalue weighted by atomic mass is 10.3. The minimum Gasteiger partial charge on any atom is -0.369 e. The molecule has 2 rings (SSSR count). The Bertz CT molecular complexity index is 731. The van der Waals surface area contributed by atoms with E-state index in [-0.39, 0.29) is 4.90 Å². The first-order chi connectivity index (χ1) is 9.92. The molecule has 0 atom stereocenters. The molecule has 0 aliphatic heterocycles. The summed E-state index contributed by atoms with van der Waals surface area (Å²) in [5.41, 5.74) is 0.291. The highest BCUT2D eigenvalue weighted by atomic mass is 35.5. The van der Waals surface area contributed by atoms with Crippen molar-refractivity contribution in [1.29, 1.82) is 0 Å². The van der Waals surface area contributed by atoms with Crippen LogP contribution in [0.3, 0.4) is 0 Å². The smallest absolute Gasteiger partial charge is 0.265 e. The first-order valence-corrected chi connectivity index (χ1v) is 8.34. The molecule has 21 heavy (non-hydrogen) atoms. The summed E-state index contributed by atoms with van der Waals surface area (Å²) < 4.78 is 27.3. The molecule has 0 aliphatic carbocycles. The van der Waals surface area contributed by atoms with E-state index in [1.165, 1.54) is 30.5 Å². The van der Waals surface area contributed by atoms with Gasteiger partial charge in [0.2, 0.25) is 0 Å². The second-order valence-electron chi connectivity index (χ2n) is 4.14. The Kier molecular flexibility index (Phi) is 4.92. The van der Waals surface area contributed by atoms with Gasteiger partial charge in [0.25, 0.3) is 10.0 Å². The van der Waals surface area contributed by atoms with E-state index in [1.807, 2.05) is 6.92 Å². The summed E-state index contributed by atoms with van der Waals surface area (Å²) in [6, 6.07) is 7.51. The summed E-state index contributed by atoms with van der Waals surface area (Å²) in [5, 5.41) is 3.60. The van der Waals surface area contributed by atoms with Gasteiger partial charge in [0.15, 0.2) is 0 Å². The molecular formula is C13H13Cl2N3O2S. The molecule has 0 amide bonds. The number of halogens is 2. The van der Waals surface area contributed by atoms with Crippen molar-refractivity contribution in [2.24, 2.45) is 0 Å². The first kappa shape index (κ1) is 15.9. The number of hydrogen-bond acceptors (Lipinski definition) is 4. The lowest BCUT2D eigenvalue weighted by Gasteiger charge is -2.12. The fourth-order valence-electron chi connectivity index (χ4n) is 1.73. The predicted molar refractivity (Wildman–Crippen MR) is 85.7 cm³/mol. The van der Waals surface area contributed by atoms with E-state index in [9.17, 15) is 8.42 Å². The van der Waals surface area contributed by atoms with E-state index >= 15 is 0 Å². The number of anilines is 2. The molecule has 8 heteroatoms. The van der Waals surface area contributed by atoms with Crippen molar-refractivity contribution in [2.75, 3.05) is 16.6 Å². The molecule has 0 radical (unpaired) electrons. The molecule has 0 unspecified atom stereocenters. The van der Waals surface area contributed by atoms with Crippen LogP contribution in [-0.4, -0.2) is 19.9 Å². The monoisotopic (exact) mass is 345 g/mol. The van der Waals surface area contributed by atoms with Crippen LogP contribution in [0.1, 0.15) is 6.92 Å². The Hall–Kier alpha value is -1.50. The summed E-state index contributed by atoms with van der Waals surface area (Å²) in [7, 11) is -3.79. The van der Waals surface area contributed by atoms with Gasteiger partial charge < -0.3 is 5.32 Å². The van der Waals surface area contributed by atoms with Crippen molar-refractivity contribution in [3.8, 4) is 0 Å². The van der Waals surface area contributed by atoms with E-state index in [4.69, 9.17) is 23.2 Å². The van der Waals surface area contributed by atoms with Crippen LogP contribution >= 0.6 is 23.2 Å². The van der Waals surface area contributed by atoms with E-state index in [2.05, 4.69) is 15.0 Å². The van der Waals surface area contributed by atoms with Crippen LogP contribution in [0.4, 0.5) is 11.5 Å². The third-order valence-corrected chi connectivity index (χ3v) is 4.37. The summed E-state index contributed by atoms with van der Waals surface area (Å²) in [4.78, 5) is 4.09. The minimum atomic E-state index is -3.79. The molecule has 5 nitrogen and oxygen atoms in total. The third kappa shape index (κ3) is 4.00. The van der Waals surface area contributed by atoms with Gasteiger partial charge in [0, 0.05) is 22.8 Å². The highest BCUT2D eigenvalue weighted by Gasteiger charge is 2.19. The lowest BCUT2D eigenvalue weighted by molar-refractivity contribution is 0.601. The Morgan fingerprint density at radius 1 is 1.19 bits per heavy atom. The van der Waals surface area contributed by atoms with Crippen LogP contribution in [0.5, 0.6) is 0 Å². The van der Waals surface area contributed by atoms with Crippen LogP contribution < -0.4 is 10.0 Å². The van der Waals surface area contributed by atoms with E-state index in [0.717, 1.165) is 0 Å². The zero-order chi connectivity index (χ0) is 15.5. The summed E-state index contributed by atoms with van der Waals surface area (Å²) in [6.45, 7) is 2.41. The number of rotatable bonds is 5. The quantitative estimate of drug-likeness (QED) is 0.867. The third-order valence-electron chi connectivity index (χ3n) is 2.52. The molecule has 0 fully saturated rings. The van der Waals surface area contributed by atoms with E-state index < -0.39 is 10.0 Å². The standard InChI is InChI=1S/C13H13Cl2N3O2S/c1-2-16-13-12(4-3-5-17-13)21(19,20)18-11-7-9(14)6-10(15)8-11/h3-8,18H,2H2,1H3,(H,16,17). The fourth-order valence-corrected chi connectivity index (χ4v) is 3.43. The molecular weight excluding hydrogens is 333 g/mol. The molecule has 0 saturated heterocycles. The maximum Gasteiger partial charge on any atom is 0.265 e. The van der Waals surface area contributed by atoms with Crippen molar-refractivity contribution in [1.82, 2.24) is 4.98 Å². The van der Waals surface area contributed by atoms with Crippen LogP contribution in [-0.2, 0) is 10.0 Å². The Balaban J connectivity index is 2.38. The second-order valence-corrected chi connectivity index (χ2v) is 6.67. The van der Waals surface area contributed by atoms with Gasteiger partial charge in [-0.15, -0.1) is 0 Å². The van der Waals surface area contributed by atoms with Gasteiger partial charge in [-0.3, -0.25) is 4.72 Å². The van der Waals surface area contributed by atoms with Crippen molar-refractivity contribution >= 4 is 44.7 Å². The average molecular weight is 346 g/mol. The van der Waals surface area contributed by atoms with Gasteiger partial charge in [0.1, 0.15) is 10.7 Å². The highest BCUT2D eigenvalue weighted by molar-refractivity contribution is 7.92. The van der Waals surface area contributed by atoms with Crippen LogP contribution in [0.2, 0.25) is 10.0 Å². The highest BCUT2D eigenvalue weighted by Crippen LogP contribution is 2.26. The number of pyridine rings is 1. The van der Waals surface area contributed by atoms with Crippen LogP contribution in [0.15, 0.2) is 41.4 Å². The molecule has 2 aromatic rings. The predicted octanol–water partition coefficient (Wildman–Crippen LogP) is 3.62. The fraction of sp³-hybridized carbons (Fsp3) is 0.154. The van der Waals surface area contributed by atoms with Gasteiger partial charge in [-0.25, -0.2) is 13.4 Å². The number of benzene rings is 1. The largest absolute Gasteiger partial charge is 0.369 e. The molecule has 0 bridgehead atoms. The van der Waals surface area contributed by atoms with Crippen LogP contribution in [0.25, 0.3) is 0 Å². The molecule has 0 saturated carbocycles. The SMILES string of the molecule is CCNc1ncccc1S(=O)(=O)Nc1cc(Cl)cc(Cl)c1. The maximum atomic E-state index is 12.4. The second kappa shape index (κ2) is 6.51. The Morgan fingerprint density at radius 2 is 1.86 bits per heavy atom. The van der Waals surface area contributed by atoms with Crippen molar-refractivity contribution < 1.29 is 8.42 Å². The number of sulfonamides is 1. The first-order valence-electron chi connectivity index (χ1n) is 6.10. The zero-order valence-electron chi connectivity index (χ0n) is 11.1. The lowest BCUT2D eigenvalue weighted by Crippen LogP contribution is -2.16. The average Bonchev–Trinajstić information content (AvgIpc) is 2.37. The van der Waals surface area contributed by atoms with Gasteiger partial charge in [0.05, 0.1) is 5.69 Å². The molecule has 1 heterocycles. The molecule has 2 N–H and O–H groups in total. The van der Waals surface area contributed by atoms with Gasteiger partial charge in [-0.05, 0) is 37.3 Å². The van der Waals surface area contributed by atoms with E-state index in [0.29, 0.717) is 28.1 Å². The van der Waals surface area contributed by atoms with E-state index in [1.54, 1.807) is 6.07 Å². The Morgan fingerprint density at radius 3 is 2.48 bits per heavy atom. The number of nitrogens with one attached hydrogen (secondary N) is 2. The summed E-state index contributed by atoms with van der Waals surface area (Å²) in [6.07, 6.45) is 1.52. The summed E-state index contributed by atoms with van der Waals surface area (Å²) in [5.74, 6) is 0.292. The van der Waals surface area contributed by atoms with Gasteiger partial charge >= 0.3 is 0 Å². The molecule has 0 spiro atoms.